The van der Waals surface area contributed by atoms with Crippen LogP contribution < -0.4 is 5.73 Å². The first kappa shape index (κ1) is 11.2. The van der Waals surface area contributed by atoms with Gasteiger partial charge in [0.15, 0.2) is 0 Å². The van der Waals surface area contributed by atoms with Crippen molar-refractivity contribution < 1.29 is 9.90 Å². The second-order valence-electron chi connectivity index (χ2n) is 2.93. The number of aliphatic hydroxyl groups is 1. The second-order valence-corrected chi connectivity index (χ2v) is 2.93. The fraction of sp³-hybridized carbons (Fsp3) is 0.667. The highest BCUT2D eigenvalue weighted by Gasteiger charge is 2.13. The molecule has 0 spiro atoms. The SMILES string of the molecule is CC/C=C/[C@@H](C)[C@@H](O)CC(N)=O. The largest absolute Gasteiger partial charge is 0.392 e. The van der Waals surface area contributed by atoms with Crippen molar-refractivity contribution in [3.05, 3.63) is 12.2 Å². The molecule has 0 fully saturated rings. The molecule has 0 saturated carbocycles. The zero-order valence-electron chi connectivity index (χ0n) is 7.66. The van der Waals surface area contributed by atoms with Gasteiger partial charge in [0.2, 0.25) is 5.91 Å². The lowest BCUT2D eigenvalue weighted by Crippen LogP contribution is -2.24. The molecule has 3 nitrogen and oxygen atoms in total. The maximum absolute atomic E-state index is 10.4. The Morgan fingerprint density at radius 2 is 2.25 bits per heavy atom. The number of aliphatic hydroxyl groups excluding tert-OH is 1. The van der Waals surface area contributed by atoms with Crippen molar-refractivity contribution in [3.63, 3.8) is 0 Å². The van der Waals surface area contributed by atoms with Gasteiger partial charge in [0, 0.05) is 5.92 Å². The van der Waals surface area contributed by atoms with Crippen molar-refractivity contribution in [3.8, 4) is 0 Å². The molecule has 0 heterocycles. The van der Waals surface area contributed by atoms with Gasteiger partial charge >= 0.3 is 0 Å². The van der Waals surface area contributed by atoms with E-state index in [1.165, 1.54) is 0 Å². The number of carbonyl (C=O) groups excluding carboxylic acids is 1. The van der Waals surface area contributed by atoms with Gasteiger partial charge in [-0.1, -0.05) is 26.0 Å². The molecule has 0 aliphatic carbocycles. The van der Waals surface area contributed by atoms with Crippen molar-refractivity contribution >= 4 is 5.91 Å². The topological polar surface area (TPSA) is 63.3 Å². The summed E-state index contributed by atoms with van der Waals surface area (Å²) in [6.45, 7) is 3.88. The average molecular weight is 171 g/mol. The van der Waals surface area contributed by atoms with E-state index in [9.17, 15) is 9.90 Å². The molecule has 0 aliphatic heterocycles. The van der Waals surface area contributed by atoms with Gasteiger partial charge in [-0.3, -0.25) is 4.79 Å². The maximum atomic E-state index is 10.4. The molecule has 12 heavy (non-hydrogen) atoms. The van der Waals surface area contributed by atoms with Crippen LogP contribution >= 0.6 is 0 Å². The van der Waals surface area contributed by atoms with E-state index in [1.54, 1.807) is 0 Å². The van der Waals surface area contributed by atoms with Gasteiger partial charge in [0.1, 0.15) is 0 Å². The van der Waals surface area contributed by atoms with E-state index in [2.05, 4.69) is 0 Å². The predicted molar refractivity (Wildman–Crippen MR) is 48.4 cm³/mol. The van der Waals surface area contributed by atoms with Gasteiger partial charge in [0.05, 0.1) is 12.5 Å². The number of primary amides is 1. The standard InChI is InChI=1S/C9H17NO2/c1-3-4-5-7(2)8(11)6-9(10)12/h4-5,7-8,11H,3,6H2,1-2H3,(H2,10,12)/b5-4+/t7-,8+/m1/s1. The van der Waals surface area contributed by atoms with Crippen LogP contribution in [0.4, 0.5) is 0 Å². The molecule has 0 rings (SSSR count). The van der Waals surface area contributed by atoms with E-state index in [0.29, 0.717) is 0 Å². The molecule has 0 bridgehead atoms. The van der Waals surface area contributed by atoms with Crippen LogP contribution in [0.2, 0.25) is 0 Å². The Labute approximate surface area is 73.3 Å². The number of hydrogen-bond acceptors (Lipinski definition) is 2. The van der Waals surface area contributed by atoms with Gasteiger partial charge in [0.25, 0.3) is 0 Å². The highest BCUT2D eigenvalue weighted by Crippen LogP contribution is 2.08. The van der Waals surface area contributed by atoms with Gasteiger partial charge < -0.3 is 10.8 Å². The average Bonchev–Trinajstić information content (AvgIpc) is 1.98. The molecule has 0 saturated heterocycles. The van der Waals surface area contributed by atoms with E-state index < -0.39 is 12.0 Å². The van der Waals surface area contributed by atoms with Crippen molar-refractivity contribution in [2.24, 2.45) is 11.7 Å². The molecule has 1 amide bonds. The Morgan fingerprint density at radius 1 is 1.67 bits per heavy atom. The predicted octanol–water partition coefficient (Wildman–Crippen LogP) is 0.825. The van der Waals surface area contributed by atoms with Gasteiger partial charge in [-0.15, -0.1) is 0 Å². The van der Waals surface area contributed by atoms with Crippen LogP contribution in [0.5, 0.6) is 0 Å². The molecule has 3 N–H and O–H groups in total. The zero-order valence-corrected chi connectivity index (χ0v) is 7.66. The van der Waals surface area contributed by atoms with Crippen LogP contribution in [-0.2, 0) is 4.79 Å². The van der Waals surface area contributed by atoms with Crippen molar-refractivity contribution in [2.75, 3.05) is 0 Å². The fourth-order valence-electron chi connectivity index (χ4n) is 0.871. The summed E-state index contributed by atoms with van der Waals surface area (Å²) < 4.78 is 0. The van der Waals surface area contributed by atoms with Crippen LogP contribution in [0.25, 0.3) is 0 Å². The Morgan fingerprint density at radius 3 is 2.67 bits per heavy atom. The Balaban J connectivity index is 3.83. The number of carbonyl (C=O) groups is 1. The second kappa shape index (κ2) is 5.77. The van der Waals surface area contributed by atoms with E-state index in [0.717, 1.165) is 6.42 Å². The highest BCUT2D eigenvalue weighted by atomic mass is 16.3. The lowest BCUT2D eigenvalue weighted by Gasteiger charge is -2.12. The molecule has 3 heteroatoms. The highest BCUT2D eigenvalue weighted by molar-refractivity contribution is 5.74. The van der Waals surface area contributed by atoms with Crippen LogP contribution in [0.15, 0.2) is 12.2 Å². The lowest BCUT2D eigenvalue weighted by molar-refractivity contribution is -0.120. The monoisotopic (exact) mass is 171 g/mol. The molecule has 70 valence electrons. The Kier molecular flexibility index (Phi) is 5.37. The molecule has 0 aromatic carbocycles. The van der Waals surface area contributed by atoms with Gasteiger partial charge in [-0.05, 0) is 6.42 Å². The van der Waals surface area contributed by atoms with Crippen LogP contribution in [0.3, 0.4) is 0 Å². The first-order valence-corrected chi connectivity index (χ1v) is 4.21. The first-order valence-electron chi connectivity index (χ1n) is 4.21. The third kappa shape index (κ3) is 4.91. The maximum Gasteiger partial charge on any atom is 0.220 e. The normalized spacial score (nSPS) is 16.2. The molecule has 0 radical (unpaired) electrons. The lowest BCUT2D eigenvalue weighted by atomic mass is 10.0. The Bertz CT molecular complexity index is 166. The zero-order chi connectivity index (χ0) is 9.56. The summed E-state index contributed by atoms with van der Waals surface area (Å²) in [5.74, 6) is -0.461. The molecule has 0 unspecified atom stereocenters. The molecular formula is C9H17NO2. The minimum atomic E-state index is -0.648. The number of allylic oxidation sites excluding steroid dienone is 1. The van der Waals surface area contributed by atoms with E-state index >= 15 is 0 Å². The number of nitrogens with two attached hydrogens (primary N) is 1. The molecular weight excluding hydrogens is 154 g/mol. The van der Waals surface area contributed by atoms with Crippen molar-refractivity contribution in [2.45, 2.75) is 32.8 Å². The third-order valence-electron chi connectivity index (χ3n) is 1.69. The van der Waals surface area contributed by atoms with E-state index in [-0.39, 0.29) is 12.3 Å². The van der Waals surface area contributed by atoms with Crippen molar-refractivity contribution in [1.29, 1.82) is 0 Å². The summed E-state index contributed by atoms with van der Waals surface area (Å²) in [4.78, 5) is 10.4. The molecule has 2 atom stereocenters. The number of rotatable bonds is 5. The summed E-state index contributed by atoms with van der Waals surface area (Å²) in [6, 6.07) is 0. The first-order chi connectivity index (χ1) is 5.57. The summed E-state index contributed by atoms with van der Waals surface area (Å²) >= 11 is 0. The smallest absolute Gasteiger partial charge is 0.220 e. The summed E-state index contributed by atoms with van der Waals surface area (Å²) in [6.07, 6.45) is 4.19. The quantitative estimate of drug-likeness (QED) is 0.602. The minimum absolute atomic E-state index is 0.00236. The summed E-state index contributed by atoms with van der Waals surface area (Å²) in [5.41, 5.74) is 4.94. The Hall–Kier alpha value is -0.830. The number of amides is 1. The summed E-state index contributed by atoms with van der Waals surface area (Å²) in [5, 5.41) is 9.36. The molecule has 0 aromatic heterocycles. The van der Waals surface area contributed by atoms with Crippen molar-refractivity contribution in [1.82, 2.24) is 0 Å². The number of hydrogen-bond donors (Lipinski definition) is 2. The molecule has 0 aromatic rings. The minimum Gasteiger partial charge on any atom is -0.392 e. The van der Waals surface area contributed by atoms with Gasteiger partial charge in [-0.2, -0.15) is 0 Å². The van der Waals surface area contributed by atoms with Crippen LogP contribution in [0, 0.1) is 5.92 Å². The third-order valence-corrected chi connectivity index (χ3v) is 1.69. The summed E-state index contributed by atoms with van der Waals surface area (Å²) in [7, 11) is 0. The van der Waals surface area contributed by atoms with Crippen LogP contribution in [-0.4, -0.2) is 17.1 Å². The van der Waals surface area contributed by atoms with Gasteiger partial charge in [-0.25, -0.2) is 0 Å². The van der Waals surface area contributed by atoms with Crippen LogP contribution in [0.1, 0.15) is 26.7 Å². The van der Waals surface area contributed by atoms with E-state index in [1.807, 2.05) is 26.0 Å². The van der Waals surface area contributed by atoms with E-state index in [4.69, 9.17) is 5.73 Å². The molecule has 0 aliphatic rings. The fourth-order valence-corrected chi connectivity index (χ4v) is 0.871.